The van der Waals surface area contributed by atoms with Crippen LogP contribution in [0.2, 0.25) is 0 Å². The van der Waals surface area contributed by atoms with Crippen LogP contribution < -0.4 is 4.74 Å². The van der Waals surface area contributed by atoms with Crippen molar-refractivity contribution in [3.63, 3.8) is 0 Å². The Balaban J connectivity index is 1.72. The number of methoxy groups -OCH3 is 1. The van der Waals surface area contributed by atoms with Crippen molar-refractivity contribution >= 4 is 21.9 Å². The summed E-state index contributed by atoms with van der Waals surface area (Å²) in [6.07, 6.45) is 4.06. The second-order valence-corrected chi connectivity index (χ2v) is 9.19. The fraction of sp³-hybridized carbons (Fsp3) is 0.600. The van der Waals surface area contributed by atoms with Gasteiger partial charge in [0.1, 0.15) is 11.3 Å². The summed E-state index contributed by atoms with van der Waals surface area (Å²) in [6.45, 7) is 2.07. The Kier molecular flexibility index (Phi) is 7.68. The number of nitrogens with zero attached hydrogens (tertiary/aromatic N) is 2. The molecule has 3 rings (SSSR count). The molecule has 0 atom stereocenters. The molecule has 1 amide bonds. The highest BCUT2D eigenvalue weighted by atomic mass is 32.2. The van der Waals surface area contributed by atoms with Crippen LogP contribution in [0.3, 0.4) is 0 Å². The van der Waals surface area contributed by atoms with Crippen LogP contribution in [0.4, 0.5) is 0 Å². The first-order valence-electron chi connectivity index (χ1n) is 10.1. The van der Waals surface area contributed by atoms with E-state index >= 15 is 0 Å². The Bertz CT molecular complexity index is 858. The largest absolute Gasteiger partial charge is 0.496 e. The zero-order chi connectivity index (χ0) is 21.6. The fourth-order valence-electron chi connectivity index (χ4n) is 3.56. The van der Waals surface area contributed by atoms with Gasteiger partial charge in [0.2, 0.25) is 10.0 Å². The Morgan fingerprint density at radius 2 is 1.70 bits per heavy atom. The van der Waals surface area contributed by atoms with Crippen molar-refractivity contribution in [3.05, 3.63) is 23.8 Å². The molecule has 9 nitrogen and oxygen atoms in total. The van der Waals surface area contributed by atoms with E-state index in [0.717, 1.165) is 25.7 Å². The van der Waals surface area contributed by atoms with Crippen molar-refractivity contribution in [1.82, 2.24) is 9.21 Å². The second kappa shape index (κ2) is 10.2. The normalized spacial score (nSPS) is 18.5. The van der Waals surface area contributed by atoms with Gasteiger partial charge in [-0.3, -0.25) is 4.79 Å². The summed E-state index contributed by atoms with van der Waals surface area (Å²) in [5.41, 5.74) is -0.0319. The van der Waals surface area contributed by atoms with Crippen LogP contribution in [0.15, 0.2) is 23.1 Å². The maximum atomic E-state index is 12.9. The maximum Gasteiger partial charge on any atom is 0.342 e. The van der Waals surface area contributed by atoms with Crippen molar-refractivity contribution < 1.29 is 32.2 Å². The van der Waals surface area contributed by atoms with Crippen molar-refractivity contribution in [2.45, 2.75) is 30.6 Å². The molecule has 0 unspecified atom stereocenters. The van der Waals surface area contributed by atoms with Crippen LogP contribution in [-0.4, -0.2) is 82.6 Å². The van der Waals surface area contributed by atoms with Gasteiger partial charge in [-0.25, -0.2) is 13.2 Å². The number of benzene rings is 1. The lowest BCUT2D eigenvalue weighted by molar-refractivity contribution is -0.134. The average molecular weight is 441 g/mol. The number of amides is 1. The molecule has 166 valence electrons. The van der Waals surface area contributed by atoms with Crippen LogP contribution in [-0.2, 0) is 24.3 Å². The Hall–Kier alpha value is -2.17. The molecule has 1 aromatic carbocycles. The second-order valence-electron chi connectivity index (χ2n) is 7.25. The predicted molar refractivity (Wildman–Crippen MR) is 108 cm³/mol. The minimum Gasteiger partial charge on any atom is -0.496 e. The van der Waals surface area contributed by atoms with E-state index in [0.29, 0.717) is 26.3 Å². The molecule has 0 bridgehead atoms. The first-order valence-corrected chi connectivity index (χ1v) is 11.6. The monoisotopic (exact) mass is 440 g/mol. The lowest BCUT2D eigenvalue weighted by Crippen LogP contribution is -2.40. The van der Waals surface area contributed by atoms with Gasteiger partial charge in [0.25, 0.3) is 5.91 Å². The summed E-state index contributed by atoms with van der Waals surface area (Å²) in [4.78, 5) is 26.7. The molecule has 0 N–H and O–H groups in total. The number of rotatable bonds is 6. The molecule has 10 heteroatoms. The van der Waals surface area contributed by atoms with Crippen LogP contribution in [0, 0.1) is 0 Å². The molecular weight excluding hydrogens is 412 g/mol. The molecule has 2 aliphatic heterocycles. The van der Waals surface area contributed by atoms with Gasteiger partial charge in [-0.15, -0.1) is 0 Å². The third-order valence-corrected chi connectivity index (χ3v) is 7.18. The highest BCUT2D eigenvalue weighted by Crippen LogP contribution is 2.26. The van der Waals surface area contributed by atoms with E-state index in [1.165, 1.54) is 29.6 Å². The molecule has 1 aromatic rings. The number of hydrogen-bond donors (Lipinski definition) is 0. The predicted octanol–water partition coefficient (Wildman–Crippen LogP) is 1.28. The standard InChI is InChI=1S/C20H28N2O7S/c1-27-18-7-6-16(30(25,26)22-10-12-28-13-11-22)14-17(18)20(24)29-15-19(23)21-8-4-2-3-5-9-21/h6-7,14H,2-5,8-13,15H2,1H3. The van der Waals surface area contributed by atoms with E-state index in [4.69, 9.17) is 14.2 Å². The summed E-state index contributed by atoms with van der Waals surface area (Å²) < 4.78 is 42.7. The summed E-state index contributed by atoms with van der Waals surface area (Å²) in [5.74, 6) is -0.862. The molecule has 0 radical (unpaired) electrons. The van der Waals surface area contributed by atoms with Crippen LogP contribution in [0.5, 0.6) is 5.75 Å². The Morgan fingerprint density at radius 3 is 2.33 bits per heavy atom. The maximum absolute atomic E-state index is 12.9. The molecular formula is C20H28N2O7S. The third-order valence-electron chi connectivity index (χ3n) is 5.28. The van der Waals surface area contributed by atoms with Gasteiger partial charge in [0, 0.05) is 26.2 Å². The Labute approximate surface area is 176 Å². The molecule has 0 spiro atoms. The number of ether oxygens (including phenoxy) is 3. The number of carbonyl (C=O) groups is 2. The molecule has 30 heavy (non-hydrogen) atoms. The van der Waals surface area contributed by atoms with E-state index in [1.807, 2.05) is 0 Å². The first kappa shape index (κ1) is 22.5. The van der Waals surface area contributed by atoms with Gasteiger partial charge >= 0.3 is 5.97 Å². The highest BCUT2D eigenvalue weighted by Gasteiger charge is 2.28. The van der Waals surface area contributed by atoms with Gasteiger partial charge in [-0.2, -0.15) is 4.31 Å². The SMILES string of the molecule is COc1ccc(S(=O)(=O)N2CCOCC2)cc1C(=O)OCC(=O)N1CCCCCC1. The van der Waals surface area contributed by atoms with Gasteiger partial charge in [-0.1, -0.05) is 12.8 Å². The number of morpholine rings is 1. The number of sulfonamides is 1. The highest BCUT2D eigenvalue weighted by molar-refractivity contribution is 7.89. The van der Waals surface area contributed by atoms with Crippen molar-refractivity contribution in [1.29, 1.82) is 0 Å². The summed E-state index contributed by atoms with van der Waals surface area (Å²) >= 11 is 0. The van der Waals surface area contributed by atoms with Gasteiger partial charge in [0.05, 0.1) is 25.2 Å². The third kappa shape index (κ3) is 5.30. The molecule has 2 aliphatic rings. The lowest BCUT2D eigenvalue weighted by Gasteiger charge is -2.26. The van der Waals surface area contributed by atoms with E-state index in [-0.39, 0.29) is 41.8 Å². The van der Waals surface area contributed by atoms with Crippen LogP contribution in [0.25, 0.3) is 0 Å². The summed E-state index contributed by atoms with van der Waals surface area (Å²) in [5, 5.41) is 0. The quantitative estimate of drug-likeness (QED) is 0.614. The number of carbonyl (C=O) groups excluding carboxylic acids is 2. The number of esters is 1. The minimum absolute atomic E-state index is 0.0315. The molecule has 0 aromatic heterocycles. The molecule has 2 heterocycles. The lowest BCUT2D eigenvalue weighted by atomic mass is 10.2. The zero-order valence-corrected chi connectivity index (χ0v) is 18.0. The summed E-state index contributed by atoms with van der Waals surface area (Å²) in [7, 11) is -2.40. The van der Waals surface area contributed by atoms with Crippen LogP contribution >= 0.6 is 0 Å². The fourth-order valence-corrected chi connectivity index (χ4v) is 4.99. The van der Waals surface area contributed by atoms with Crippen molar-refractivity contribution in [2.24, 2.45) is 0 Å². The van der Waals surface area contributed by atoms with Gasteiger partial charge < -0.3 is 19.1 Å². The van der Waals surface area contributed by atoms with Crippen molar-refractivity contribution in [2.75, 3.05) is 53.1 Å². The smallest absolute Gasteiger partial charge is 0.342 e. The van der Waals surface area contributed by atoms with E-state index in [1.54, 1.807) is 4.90 Å². The number of likely N-dealkylation sites (tertiary alicyclic amines) is 1. The minimum atomic E-state index is -3.78. The summed E-state index contributed by atoms with van der Waals surface area (Å²) in [6, 6.07) is 4.05. The molecule has 2 saturated heterocycles. The van der Waals surface area contributed by atoms with E-state index in [2.05, 4.69) is 0 Å². The van der Waals surface area contributed by atoms with Gasteiger partial charge in [-0.05, 0) is 31.0 Å². The zero-order valence-electron chi connectivity index (χ0n) is 17.2. The topological polar surface area (TPSA) is 102 Å². The first-order chi connectivity index (χ1) is 14.4. The molecule has 0 saturated carbocycles. The van der Waals surface area contributed by atoms with Crippen molar-refractivity contribution in [3.8, 4) is 5.75 Å². The van der Waals surface area contributed by atoms with E-state index in [9.17, 15) is 18.0 Å². The van der Waals surface area contributed by atoms with Crippen LogP contribution in [0.1, 0.15) is 36.0 Å². The van der Waals surface area contributed by atoms with Gasteiger partial charge in [0.15, 0.2) is 6.61 Å². The molecule has 0 aliphatic carbocycles. The molecule has 2 fully saturated rings. The number of hydrogen-bond acceptors (Lipinski definition) is 7. The Morgan fingerprint density at radius 1 is 1.03 bits per heavy atom. The average Bonchev–Trinajstić information content (AvgIpc) is 3.07. The van der Waals surface area contributed by atoms with E-state index < -0.39 is 16.0 Å².